The van der Waals surface area contributed by atoms with Crippen LogP contribution in [-0.4, -0.2) is 0 Å². The van der Waals surface area contributed by atoms with E-state index in [0.717, 1.165) is 0 Å². The summed E-state index contributed by atoms with van der Waals surface area (Å²) in [5, 5.41) is 0. The predicted octanol–water partition coefficient (Wildman–Crippen LogP) is -9.36. The van der Waals surface area contributed by atoms with Crippen molar-refractivity contribution in [1.82, 2.24) is 0 Å². The molecule has 7 heteroatoms. The van der Waals surface area contributed by atoms with E-state index in [2.05, 4.69) is 6.58 Å². The summed E-state index contributed by atoms with van der Waals surface area (Å²) in [7, 11) is -3.37. The molecule has 0 aliphatic rings. The van der Waals surface area contributed by atoms with Gasteiger partial charge in [0.25, 0.3) is 0 Å². The second-order valence-corrected chi connectivity index (χ2v) is 2.29. The molecule has 0 atom stereocenters. The van der Waals surface area contributed by atoms with Crippen LogP contribution in [0.15, 0.2) is 36.9 Å². The van der Waals surface area contributed by atoms with Crippen molar-refractivity contribution in [3.63, 3.8) is 0 Å². The summed E-state index contributed by atoms with van der Waals surface area (Å²) in [6.07, 6.45) is 1.83. The molecule has 1 rings (SSSR count). The molecule has 1 aromatic carbocycles. The van der Waals surface area contributed by atoms with Gasteiger partial charge < -0.3 is 23.3 Å². The average molecular weight is 252 g/mol. The Morgan fingerprint density at radius 1 is 0.933 bits per heavy atom. The van der Waals surface area contributed by atoms with E-state index in [1.807, 2.05) is 36.4 Å². The molecular weight excluding hydrogens is 244 g/mol. The molecule has 66 valence electrons. The summed E-state index contributed by atoms with van der Waals surface area (Å²) in [4.78, 5) is 25.4. The maximum Gasteiger partial charge on any atom is 1.00 e. The van der Waals surface area contributed by atoms with Crippen LogP contribution in [0.2, 0.25) is 0 Å². The first-order valence-electron chi connectivity index (χ1n) is 3.16. The maximum absolute atomic E-state index is 8.48. The number of hydrogen-bond acceptors (Lipinski definition) is 3. The molecular formula is C8H8Na3O3P. The van der Waals surface area contributed by atoms with Gasteiger partial charge in [-0.1, -0.05) is 43.0 Å². The topological polar surface area (TPSA) is 69.2 Å². The third-order valence-corrected chi connectivity index (χ3v) is 1.04. The van der Waals surface area contributed by atoms with E-state index >= 15 is 0 Å². The van der Waals surface area contributed by atoms with E-state index in [9.17, 15) is 0 Å². The summed E-state index contributed by atoms with van der Waals surface area (Å²) in [5.41, 5.74) is 1.17. The Labute approximate surface area is 158 Å². The fourth-order valence-corrected chi connectivity index (χ4v) is 0.589. The molecule has 0 aromatic heterocycles. The molecule has 0 amide bonds. The third kappa shape index (κ3) is 22.0. The van der Waals surface area contributed by atoms with Crippen LogP contribution in [0.1, 0.15) is 5.56 Å². The minimum atomic E-state index is -3.37. The normalized spacial score (nSPS) is 6.93. The molecule has 0 fully saturated rings. The van der Waals surface area contributed by atoms with E-state index in [1.54, 1.807) is 0 Å². The largest absolute Gasteiger partial charge is 1.00 e. The van der Waals surface area contributed by atoms with Gasteiger partial charge in [0.05, 0.1) is 0 Å². The zero-order valence-electron chi connectivity index (χ0n) is 9.34. The van der Waals surface area contributed by atoms with Crippen LogP contribution < -0.4 is 103 Å². The van der Waals surface area contributed by atoms with Gasteiger partial charge in [0, 0.05) is 0 Å². The maximum atomic E-state index is 8.48. The monoisotopic (exact) mass is 252 g/mol. The Morgan fingerprint density at radius 2 is 1.27 bits per heavy atom. The first-order valence-corrected chi connectivity index (χ1v) is 4.25. The Morgan fingerprint density at radius 3 is 1.47 bits per heavy atom. The zero-order valence-corrected chi connectivity index (χ0v) is 16.2. The van der Waals surface area contributed by atoms with Gasteiger partial charge in [-0.15, -0.1) is 0 Å². The number of benzene rings is 1. The molecule has 0 aliphatic carbocycles. The van der Waals surface area contributed by atoms with Gasteiger partial charge in [0.15, 0.2) is 0 Å². The molecule has 0 bridgehead atoms. The summed E-state index contributed by atoms with van der Waals surface area (Å²) >= 11 is 0. The molecule has 0 saturated heterocycles. The fourth-order valence-electron chi connectivity index (χ4n) is 0.589. The Hall–Kier alpha value is 2.27. The minimum absolute atomic E-state index is 0. The van der Waals surface area contributed by atoms with Crippen molar-refractivity contribution >= 4 is 14.7 Å². The van der Waals surface area contributed by atoms with Gasteiger partial charge >= 0.3 is 88.7 Å². The standard InChI is InChI=1S/C8H8.3Na.O3P/c1-2-8-6-4-3-5-7-8;;;;1-4(2)3/h2-7H,1H2;;;;/q;3*+1;-3. The van der Waals surface area contributed by atoms with Crippen LogP contribution in [0.3, 0.4) is 0 Å². The van der Waals surface area contributed by atoms with E-state index in [1.165, 1.54) is 5.56 Å². The zero-order chi connectivity index (χ0) is 9.40. The van der Waals surface area contributed by atoms with Crippen LogP contribution in [0, 0.1) is 0 Å². The molecule has 1 aromatic rings. The molecule has 0 aliphatic heterocycles. The van der Waals surface area contributed by atoms with Crippen LogP contribution in [0.4, 0.5) is 0 Å². The predicted molar refractivity (Wildman–Crippen MR) is 43.5 cm³/mol. The van der Waals surface area contributed by atoms with Gasteiger partial charge in [-0.2, -0.15) is 0 Å². The van der Waals surface area contributed by atoms with Crippen molar-refractivity contribution < 1.29 is 103 Å². The molecule has 15 heavy (non-hydrogen) atoms. The van der Waals surface area contributed by atoms with Gasteiger partial charge in [-0.3, -0.25) is 0 Å². The van der Waals surface area contributed by atoms with E-state index in [0.29, 0.717) is 0 Å². The van der Waals surface area contributed by atoms with Gasteiger partial charge in [-0.05, 0) is 5.56 Å². The van der Waals surface area contributed by atoms with Crippen LogP contribution in [-0.2, 0) is 0 Å². The molecule has 0 unspecified atom stereocenters. The smallest absolute Gasteiger partial charge is 0.854 e. The van der Waals surface area contributed by atoms with Crippen molar-refractivity contribution in [1.29, 1.82) is 0 Å². The molecule has 3 nitrogen and oxygen atoms in total. The molecule has 0 saturated carbocycles. The van der Waals surface area contributed by atoms with Crippen LogP contribution >= 0.6 is 8.60 Å². The van der Waals surface area contributed by atoms with Crippen molar-refractivity contribution in [2.45, 2.75) is 0 Å². The van der Waals surface area contributed by atoms with Gasteiger partial charge in [-0.25, -0.2) is 0 Å². The SMILES string of the molecule is C=Cc1ccccc1.[Na+].[Na+].[Na+].[O-]P([O-])[O-]. The second-order valence-electron chi connectivity index (χ2n) is 1.84. The van der Waals surface area contributed by atoms with Crippen LogP contribution in [0.5, 0.6) is 0 Å². The van der Waals surface area contributed by atoms with Crippen LogP contribution in [0.25, 0.3) is 6.08 Å². The summed E-state index contributed by atoms with van der Waals surface area (Å²) in [5.74, 6) is 0. The van der Waals surface area contributed by atoms with Crippen molar-refractivity contribution in [3.8, 4) is 0 Å². The molecule has 0 radical (unpaired) electrons. The molecule has 0 spiro atoms. The Kier molecular flexibility index (Phi) is 32.2. The van der Waals surface area contributed by atoms with Gasteiger partial charge in [0.1, 0.15) is 0 Å². The molecule has 0 N–H and O–H groups in total. The summed E-state index contributed by atoms with van der Waals surface area (Å²) in [6, 6.07) is 10.0. The average Bonchev–Trinajstić information content (AvgIpc) is 2.05. The van der Waals surface area contributed by atoms with Crippen molar-refractivity contribution in [3.05, 3.63) is 42.5 Å². The van der Waals surface area contributed by atoms with Crippen molar-refractivity contribution in [2.75, 3.05) is 0 Å². The van der Waals surface area contributed by atoms with E-state index < -0.39 is 8.60 Å². The fraction of sp³-hybridized carbons (Fsp3) is 0. The minimum Gasteiger partial charge on any atom is -0.854 e. The Bertz CT molecular complexity index is 219. The summed E-state index contributed by atoms with van der Waals surface area (Å²) in [6.45, 7) is 3.63. The second kappa shape index (κ2) is 18.6. The quantitative estimate of drug-likeness (QED) is 0.368. The van der Waals surface area contributed by atoms with E-state index in [-0.39, 0.29) is 88.7 Å². The van der Waals surface area contributed by atoms with Gasteiger partial charge in [0.2, 0.25) is 0 Å². The molecule has 0 heterocycles. The summed E-state index contributed by atoms with van der Waals surface area (Å²) < 4.78 is 0. The first kappa shape index (κ1) is 26.0. The van der Waals surface area contributed by atoms with Crippen molar-refractivity contribution in [2.24, 2.45) is 0 Å². The third-order valence-electron chi connectivity index (χ3n) is 1.04. The number of rotatable bonds is 1. The number of hydrogen-bond donors (Lipinski definition) is 0. The Balaban J connectivity index is -0.0000000779. The first-order chi connectivity index (χ1) is 5.66. The van der Waals surface area contributed by atoms with E-state index in [4.69, 9.17) is 14.7 Å².